The van der Waals surface area contributed by atoms with Crippen LogP contribution < -0.4 is 0 Å². The average molecular weight is 257 g/mol. The Balaban J connectivity index is 2.87. The Hall–Kier alpha value is -1.26. The second-order valence-electron chi connectivity index (χ2n) is 5.95. The molecule has 0 spiro atoms. The van der Waals surface area contributed by atoms with Crippen molar-refractivity contribution in [3.05, 3.63) is 0 Å². The van der Waals surface area contributed by atoms with Crippen LogP contribution in [0, 0.1) is 5.92 Å². The third-order valence-corrected chi connectivity index (χ3v) is 3.34. The van der Waals surface area contributed by atoms with Gasteiger partial charge in [0.05, 0.1) is 7.11 Å². The Morgan fingerprint density at radius 3 is 2.00 bits per heavy atom. The number of nitrogens with zero attached hydrogens (tertiary/aromatic N) is 1. The Morgan fingerprint density at radius 1 is 1.17 bits per heavy atom. The van der Waals surface area contributed by atoms with Crippen molar-refractivity contribution < 1.29 is 19.1 Å². The molecule has 1 atom stereocenters. The molecule has 5 nitrogen and oxygen atoms in total. The van der Waals surface area contributed by atoms with Crippen LogP contribution in [0.15, 0.2) is 0 Å². The first kappa shape index (κ1) is 14.8. The molecule has 1 rings (SSSR count). The zero-order chi connectivity index (χ0) is 14.1. The van der Waals surface area contributed by atoms with Crippen LogP contribution in [0.3, 0.4) is 0 Å². The number of rotatable bonds is 3. The molecule has 5 heteroatoms. The van der Waals surface area contributed by atoms with Gasteiger partial charge >= 0.3 is 12.1 Å². The summed E-state index contributed by atoms with van der Waals surface area (Å²) in [7, 11) is 2.93. The van der Waals surface area contributed by atoms with Crippen molar-refractivity contribution in [2.24, 2.45) is 5.92 Å². The second-order valence-corrected chi connectivity index (χ2v) is 5.95. The molecule has 0 N–H and O–H groups in total. The summed E-state index contributed by atoms with van der Waals surface area (Å²) in [4.78, 5) is 25.4. The fourth-order valence-corrected chi connectivity index (χ4v) is 1.95. The summed E-state index contributed by atoms with van der Waals surface area (Å²) in [6.45, 7) is 7.13. The fraction of sp³-hybridized carbons (Fsp3) is 0.846. The average Bonchev–Trinajstić information content (AvgIpc) is 3.07. The highest BCUT2D eigenvalue weighted by molar-refractivity contribution is 5.86. The molecule has 1 amide bonds. The van der Waals surface area contributed by atoms with Gasteiger partial charge in [-0.1, -0.05) is 0 Å². The van der Waals surface area contributed by atoms with E-state index in [1.54, 1.807) is 34.7 Å². The Morgan fingerprint density at radius 2 is 1.67 bits per heavy atom. The lowest BCUT2D eigenvalue weighted by molar-refractivity contribution is -0.154. The third-order valence-electron chi connectivity index (χ3n) is 3.34. The van der Waals surface area contributed by atoms with Gasteiger partial charge in [0, 0.05) is 7.05 Å². The van der Waals surface area contributed by atoms with E-state index in [0.29, 0.717) is 0 Å². The van der Waals surface area contributed by atoms with E-state index >= 15 is 0 Å². The highest BCUT2D eigenvalue weighted by atomic mass is 16.6. The topological polar surface area (TPSA) is 55.8 Å². The van der Waals surface area contributed by atoms with Crippen LogP contribution in [0.1, 0.15) is 40.5 Å². The summed E-state index contributed by atoms with van der Waals surface area (Å²) in [5.74, 6) is -0.235. The summed E-state index contributed by atoms with van der Waals surface area (Å²) in [5.41, 5.74) is -1.51. The van der Waals surface area contributed by atoms with Gasteiger partial charge in [-0.2, -0.15) is 0 Å². The molecule has 1 saturated carbocycles. The predicted octanol–water partition coefficient (Wildman–Crippen LogP) is 2.20. The summed E-state index contributed by atoms with van der Waals surface area (Å²) in [6.07, 6.45) is 1.36. The van der Waals surface area contributed by atoms with Crippen molar-refractivity contribution in [3.8, 4) is 0 Å². The molecule has 0 unspecified atom stereocenters. The van der Waals surface area contributed by atoms with E-state index < -0.39 is 23.2 Å². The summed E-state index contributed by atoms with van der Waals surface area (Å²) in [5, 5.41) is 0. The Labute approximate surface area is 108 Å². The predicted molar refractivity (Wildman–Crippen MR) is 67.1 cm³/mol. The maximum absolute atomic E-state index is 12.1. The van der Waals surface area contributed by atoms with Crippen molar-refractivity contribution in [2.45, 2.75) is 51.7 Å². The summed E-state index contributed by atoms with van der Waals surface area (Å²) >= 11 is 0. The van der Waals surface area contributed by atoms with Gasteiger partial charge in [-0.15, -0.1) is 0 Å². The minimum absolute atomic E-state index is 0.155. The Bertz CT molecular complexity index is 343. The van der Waals surface area contributed by atoms with E-state index in [1.807, 2.05) is 0 Å². The number of ether oxygens (including phenoxy) is 2. The zero-order valence-electron chi connectivity index (χ0n) is 12.1. The molecule has 0 saturated heterocycles. The van der Waals surface area contributed by atoms with Crippen LogP contribution >= 0.6 is 0 Å². The Kier molecular flexibility index (Phi) is 3.93. The molecule has 0 aliphatic heterocycles. The quantitative estimate of drug-likeness (QED) is 0.727. The number of methoxy groups -OCH3 is 1. The minimum Gasteiger partial charge on any atom is -0.467 e. The lowest BCUT2D eigenvalue weighted by Gasteiger charge is -2.37. The van der Waals surface area contributed by atoms with Crippen molar-refractivity contribution >= 4 is 12.1 Å². The molecule has 0 radical (unpaired) electrons. The molecule has 0 heterocycles. The van der Waals surface area contributed by atoms with E-state index in [1.165, 1.54) is 12.0 Å². The van der Waals surface area contributed by atoms with Crippen molar-refractivity contribution in [2.75, 3.05) is 14.2 Å². The normalized spacial score (nSPS) is 18.8. The van der Waals surface area contributed by atoms with Crippen LogP contribution in [-0.4, -0.2) is 42.3 Å². The molecule has 1 aliphatic carbocycles. The van der Waals surface area contributed by atoms with E-state index in [9.17, 15) is 9.59 Å². The maximum atomic E-state index is 12.1. The zero-order valence-corrected chi connectivity index (χ0v) is 12.1. The van der Waals surface area contributed by atoms with Crippen LogP contribution in [0.4, 0.5) is 4.79 Å². The minimum atomic E-state index is -0.933. The van der Waals surface area contributed by atoms with Crippen LogP contribution in [0.5, 0.6) is 0 Å². The van der Waals surface area contributed by atoms with Gasteiger partial charge in [-0.3, -0.25) is 4.90 Å². The molecule has 104 valence electrons. The van der Waals surface area contributed by atoms with Gasteiger partial charge in [0.1, 0.15) is 11.1 Å². The van der Waals surface area contributed by atoms with Gasteiger partial charge in [-0.25, -0.2) is 9.59 Å². The highest BCUT2D eigenvalue weighted by Gasteiger charge is 2.53. The second kappa shape index (κ2) is 4.78. The van der Waals surface area contributed by atoms with Crippen LogP contribution in [0.2, 0.25) is 0 Å². The SMILES string of the molecule is COC(=O)[C@@](C)(C1CC1)N(C)C(=O)OC(C)(C)C. The molecule has 0 aromatic carbocycles. The largest absolute Gasteiger partial charge is 0.467 e. The molecule has 18 heavy (non-hydrogen) atoms. The molecule has 1 aliphatic rings. The molecule has 0 bridgehead atoms. The number of carbonyl (C=O) groups is 2. The van der Waals surface area contributed by atoms with E-state index in [0.717, 1.165) is 12.8 Å². The number of carbonyl (C=O) groups excluding carboxylic acids is 2. The smallest absolute Gasteiger partial charge is 0.410 e. The maximum Gasteiger partial charge on any atom is 0.410 e. The van der Waals surface area contributed by atoms with Gasteiger partial charge in [0.15, 0.2) is 0 Å². The monoisotopic (exact) mass is 257 g/mol. The van der Waals surface area contributed by atoms with Crippen LogP contribution in [0.25, 0.3) is 0 Å². The lowest BCUT2D eigenvalue weighted by atomic mass is 9.94. The number of hydrogen-bond acceptors (Lipinski definition) is 4. The first-order valence-electron chi connectivity index (χ1n) is 6.18. The van der Waals surface area contributed by atoms with Crippen molar-refractivity contribution in [3.63, 3.8) is 0 Å². The summed E-state index contributed by atoms with van der Waals surface area (Å²) < 4.78 is 10.1. The number of hydrogen-bond donors (Lipinski definition) is 0. The molecule has 1 fully saturated rings. The van der Waals surface area contributed by atoms with E-state index in [2.05, 4.69) is 0 Å². The molecule has 0 aromatic rings. The van der Waals surface area contributed by atoms with Crippen LogP contribution in [-0.2, 0) is 14.3 Å². The number of esters is 1. The third kappa shape index (κ3) is 2.94. The first-order chi connectivity index (χ1) is 8.13. The van der Waals surface area contributed by atoms with E-state index in [4.69, 9.17) is 9.47 Å². The fourth-order valence-electron chi connectivity index (χ4n) is 1.95. The number of amides is 1. The molecular weight excluding hydrogens is 234 g/mol. The summed E-state index contributed by atoms with van der Waals surface area (Å²) in [6, 6.07) is 0. The standard InChI is InChI=1S/C13H23NO4/c1-12(2,3)18-11(16)14(5)13(4,9-7-8-9)10(15)17-6/h9H,7-8H2,1-6H3/t13-/m1/s1. The van der Waals surface area contributed by atoms with E-state index in [-0.39, 0.29) is 5.92 Å². The van der Waals surface area contributed by atoms with Gasteiger partial charge in [0.25, 0.3) is 0 Å². The highest BCUT2D eigenvalue weighted by Crippen LogP contribution is 2.43. The van der Waals surface area contributed by atoms with Crippen molar-refractivity contribution in [1.29, 1.82) is 0 Å². The van der Waals surface area contributed by atoms with Crippen molar-refractivity contribution in [1.82, 2.24) is 4.90 Å². The number of likely N-dealkylation sites (N-methyl/N-ethyl adjacent to an activating group) is 1. The molecule has 0 aromatic heterocycles. The van der Waals surface area contributed by atoms with Gasteiger partial charge in [-0.05, 0) is 46.5 Å². The first-order valence-corrected chi connectivity index (χ1v) is 6.18. The van der Waals surface area contributed by atoms with Gasteiger partial charge in [0.2, 0.25) is 0 Å². The van der Waals surface area contributed by atoms with Gasteiger partial charge < -0.3 is 9.47 Å². The lowest BCUT2D eigenvalue weighted by Crippen LogP contribution is -2.56. The molecular formula is C13H23NO4.